The van der Waals surface area contributed by atoms with Crippen LogP contribution in [0.15, 0.2) is 41.0 Å². The molecule has 0 bridgehead atoms. The normalized spacial score (nSPS) is 16.7. The first-order valence-corrected chi connectivity index (χ1v) is 8.12. The molecule has 1 N–H and O–H groups in total. The fourth-order valence-electron chi connectivity index (χ4n) is 3.28. The third kappa shape index (κ3) is 3.56. The fraction of sp³-hybridized carbons (Fsp3) is 0.474. The van der Waals surface area contributed by atoms with Gasteiger partial charge in [0.2, 0.25) is 0 Å². The minimum Gasteiger partial charge on any atom is -0.469 e. The van der Waals surface area contributed by atoms with E-state index < -0.39 is 0 Å². The molecule has 0 aliphatic heterocycles. The summed E-state index contributed by atoms with van der Waals surface area (Å²) in [7, 11) is 0. The summed E-state index contributed by atoms with van der Waals surface area (Å²) in [6, 6.07) is 11.9. The summed E-state index contributed by atoms with van der Waals surface area (Å²) in [5, 5.41) is 3.71. The van der Waals surface area contributed by atoms with Crippen LogP contribution in [-0.2, 0) is 19.3 Å². The summed E-state index contributed by atoms with van der Waals surface area (Å²) in [5.74, 6) is 1.08. The van der Waals surface area contributed by atoms with E-state index in [-0.39, 0.29) is 0 Å². The maximum atomic E-state index is 5.40. The van der Waals surface area contributed by atoms with Crippen LogP contribution in [0, 0.1) is 0 Å². The second-order valence-electron chi connectivity index (χ2n) is 6.29. The molecule has 0 saturated heterocycles. The number of fused-ring (bicyclic) bond motifs is 1. The van der Waals surface area contributed by atoms with Gasteiger partial charge in [-0.15, -0.1) is 0 Å². The molecule has 2 aromatic rings. The van der Waals surface area contributed by atoms with Crippen molar-refractivity contribution in [3.05, 3.63) is 59.0 Å². The summed E-state index contributed by atoms with van der Waals surface area (Å²) >= 11 is 0. The number of furan rings is 1. The number of nitrogens with one attached hydrogen (secondary N) is 1. The molecular formula is C19H25NO. The Morgan fingerprint density at radius 3 is 2.81 bits per heavy atom. The van der Waals surface area contributed by atoms with Gasteiger partial charge in [0.05, 0.1) is 6.26 Å². The molecule has 3 rings (SSSR count). The first kappa shape index (κ1) is 14.4. The van der Waals surface area contributed by atoms with Crippen LogP contribution in [0.25, 0.3) is 0 Å². The molecule has 0 spiro atoms. The van der Waals surface area contributed by atoms with Gasteiger partial charge >= 0.3 is 0 Å². The first-order chi connectivity index (χ1) is 10.2. The van der Waals surface area contributed by atoms with Crippen molar-refractivity contribution in [2.24, 2.45) is 0 Å². The van der Waals surface area contributed by atoms with E-state index in [1.54, 1.807) is 17.4 Å². The SMILES string of the molecule is CC(CCc1ccco1)NC(C)c1ccc2c(c1)CCC2. The molecule has 0 amide bonds. The smallest absolute Gasteiger partial charge is 0.103 e. The third-order valence-electron chi connectivity index (χ3n) is 4.56. The zero-order valence-corrected chi connectivity index (χ0v) is 13.1. The van der Waals surface area contributed by atoms with Gasteiger partial charge in [-0.2, -0.15) is 0 Å². The summed E-state index contributed by atoms with van der Waals surface area (Å²) < 4.78 is 5.40. The minimum absolute atomic E-state index is 0.405. The highest BCUT2D eigenvalue weighted by Crippen LogP contribution is 2.25. The summed E-state index contributed by atoms with van der Waals surface area (Å²) in [5.41, 5.74) is 4.53. The molecule has 1 aliphatic carbocycles. The number of rotatable bonds is 6. The van der Waals surface area contributed by atoms with E-state index in [0.29, 0.717) is 12.1 Å². The molecule has 2 nitrogen and oxygen atoms in total. The van der Waals surface area contributed by atoms with Crippen LogP contribution in [0.1, 0.15) is 55.2 Å². The Labute approximate surface area is 127 Å². The average molecular weight is 283 g/mol. The van der Waals surface area contributed by atoms with Gasteiger partial charge < -0.3 is 9.73 Å². The van der Waals surface area contributed by atoms with E-state index in [2.05, 4.69) is 43.4 Å². The lowest BCUT2D eigenvalue weighted by molar-refractivity contribution is 0.430. The Morgan fingerprint density at radius 1 is 1.14 bits per heavy atom. The quantitative estimate of drug-likeness (QED) is 0.848. The van der Waals surface area contributed by atoms with Crippen molar-refractivity contribution < 1.29 is 4.42 Å². The van der Waals surface area contributed by atoms with E-state index in [9.17, 15) is 0 Å². The molecule has 1 heterocycles. The summed E-state index contributed by atoms with van der Waals surface area (Å²) in [6.07, 6.45) is 7.68. The Hall–Kier alpha value is -1.54. The van der Waals surface area contributed by atoms with Gasteiger partial charge in [0.15, 0.2) is 0 Å². The highest BCUT2D eigenvalue weighted by Gasteiger charge is 2.15. The third-order valence-corrected chi connectivity index (χ3v) is 4.56. The predicted molar refractivity (Wildman–Crippen MR) is 86.5 cm³/mol. The molecule has 1 aromatic carbocycles. The molecule has 0 radical (unpaired) electrons. The zero-order chi connectivity index (χ0) is 14.7. The van der Waals surface area contributed by atoms with Crippen LogP contribution >= 0.6 is 0 Å². The lowest BCUT2D eigenvalue weighted by Gasteiger charge is -2.21. The van der Waals surface area contributed by atoms with Gasteiger partial charge in [-0.05, 0) is 68.4 Å². The van der Waals surface area contributed by atoms with E-state index in [1.807, 2.05) is 6.07 Å². The molecular weight excluding hydrogens is 258 g/mol. The van der Waals surface area contributed by atoms with E-state index in [0.717, 1.165) is 18.6 Å². The Balaban J connectivity index is 1.54. The van der Waals surface area contributed by atoms with Crippen LogP contribution < -0.4 is 5.32 Å². The van der Waals surface area contributed by atoms with Crippen molar-refractivity contribution in [1.29, 1.82) is 0 Å². The van der Waals surface area contributed by atoms with Gasteiger partial charge in [-0.25, -0.2) is 0 Å². The number of benzene rings is 1. The van der Waals surface area contributed by atoms with E-state index in [1.165, 1.54) is 24.8 Å². The molecule has 2 atom stereocenters. The fourth-order valence-corrected chi connectivity index (χ4v) is 3.28. The zero-order valence-electron chi connectivity index (χ0n) is 13.1. The maximum Gasteiger partial charge on any atom is 0.103 e. The molecule has 0 fully saturated rings. The van der Waals surface area contributed by atoms with Gasteiger partial charge in [0.25, 0.3) is 0 Å². The molecule has 112 valence electrons. The Morgan fingerprint density at radius 2 is 2.00 bits per heavy atom. The van der Waals surface area contributed by atoms with Crippen LogP contribution in [0.3, 0.4) is 0 Å². The highest BCUT2D eigenvalue weighted by molar-refractivity contribution is 5.36. The second-order valence-corrected chi connectivity index (χ2v) is 6.29. The van der Waals surface area contributed by atoms with Gasteiger partial charge in [-0.3, -0.25) is 0 Å². The predicted octanol–water partition coefficient (Wildman–Crippen LogP) is 4.44. The van der Waals surface area contributed by atoms with Crippen LogP contribution in [0.4, 0.5) is 0 Å². The Bertz CT molecular complexity index is 573. The molecule has 0 saturated carbocycles. The average Bonchev–Trinajstić information content (AvgIpc) is 3.15. The topological polar surface area (TPSA) is 25.2 Å². The number of hydrogen-bond donors (Lipinski definition) is 1. The van der Waals surface area contributed by atoms with E-state index >= 15 is 0 Å². The van der Waals surface area contributed by atoms with Crippen molar-refractivity contribution in [3.8, 4) is 0 Å². The summed E-state index contributed by atoms with van der Waals surface area (Å²) in [4.78, 5) is 0. The second kappa shape index (κ2) is 6.48. The van der Waals surface area contributed by atoms with Gasteiger partial charge in [0, 0.05) is 18.5 Å². The molecule has 2 heteroatoms. The van der Waals surface area contributed by atoms with E-state index in [4.69, 9.17) is 4.42 Å². The van der Waals surface area contributed by atoms with Gasteiger partial charge in [0.1, 0.15) is 5.76 Å². The summed E-state index contributed by atoms with van der Waals surface area (Å²) in [6.45, 7) is 4.52. The van der Waals surface area contributed by atoms with Crippen molar-refractivity contribution in [2.45, 2.75) is 58.0 Å². The van der Waals surface area contributed by atoms with Crippen molar-refractivity contribution in [2.75, 3.05) is 0 Å². The standard InChI is InChI=1S/C19H25NO/c1-14(8-11-19-7-4-12-21-19)20-15(2)17-10-9-16-5-3-6-18(16)13-17/h4,7,9-10,12-15,20H,3,5-6,8,11H2,1-2H3. The number of aryl methyl sites for hydroxylation is 3. The molecule has 2 unspecified atom stereocenters. The monoisotopic (exact) mass is 283 g/mol. The Kier molecular flexibility index (Phi) is 4.45. The van der Waals surface area contributed by atoms with Crippen molar-refractivity contribution >= 4 is 0 Å². The van der Waals surface area contributed by atoms with Crippen molar-refractivity contribution in [3.63, 3.8) is 0 Å². The highest BCUT2D eigenvalue weighted by atomic mass is 16.3. The van der Waals surface area contributed by atoms with Crippen LogP contribution in [0.2, 0.25) is 0 Å². The van der Waals surface area contributed by atoms with Crippen molar-refractivity contribution in [1.82, 2.24) is 5.32 Å². The first-order valence-electron chi connectivity index (χ1n) is 8.12. The van der Waals surface area contributed by atoms with Gasteiger partial charge in [-0.1, -0.05) is 18.2 Å². The van der Waals surface area contributed by atoms with Crippen LogP contribution in [-0.4, -0.2) is 6.04 Å². The lowest BCUT2D eigenvalue weighted by atomic mass is 10.0. The molecule has 21 heavy (non-hydrogen) atoms. The van der Waals surface area contributed by atoms with Crippen LogP contribution in [0.5, 0.6) is 0 Å². The lowest BCUT2D eigenvalue weighted by Crippen LogP contribution is -2.29. The molecule has 1 aromatic heterocycles. The molecule has 1 aliphatic rings. The maximum absolute atomic E-state index is 5.40. The largest absolute Gasteiger partial charge is 0.469 e. The number of hydrogen-bond acceptors (Lipinski definition) is 2. The minimum atomic E-state index is 0.405.